The molecule has 0 atom stereocenters. The predicted molar refractivity (Wildman–Crippen MR) is 137 cm³/mol. The van der Waals surface area contributed by atoms with Crippen LogP contribution in [0.4, 0.5) is 5.69 Å². The summed E-state index contributed by atoms with van der Waals surface area (Å²) < 4.78 is 21.4. The van der Waals surface area contributed by atoms with Crippen molar-refractivity contribution in [3.05, 3.63) is 83.1 Å². The number of anilines is 1. The van der Waals surface area contributed by atoms with E-state index in [0.717, 1.165) is 0 Å². The maximum atomic E-state index is 13.4. The molecular weight excluding hydrogens is 480 g/mol. The first-order valence-electron chi connectivity index (χ1n) is 10.9. The zero-order chi connectivity index (χ0) is 26.9. The molecule has 0 saturated heterocycles. The second-order valence-electron chi connectivity index (χ2n) is 7.51. The van der Waals surface area contributed by atoms with Crippen molar-refractivity contribution >= 4 is 29.5 Å². The van der Waals surface area contributed by atoms with Gasteiger partial charge < -0.3 is 34.7 Å². The molecule has 3 N–H and O–H groups in total. The summed E-state index contributed by atoms with van der Waals surface area (Å²) in [5.74, 6) is -1.14. The Hall–Kier alpha value is -4.99. The number of methoxy groups -OCH3 is 4. The van der Waals surface area contributed by atoms with E-state index in [2.05, 4.69) is 10.6 Å². The van der Waals surface area contributed by atoms with Crippen LogP contribution >= 0.6 is 0 Å². The van der Waals surface area contributed by atoms with Gasteiger partial charge in [-0.3, -0.25) is 9.59 Å². The molecule has 0 radical (unpaired) electrons. The molecule has 0 aromatic heterocycles. The lowest BCUT2D eigenvalue weighted by molar-refractivity contribution is -0.113. The fraction of sp³-hybridized carbons (Fsp3) is 0.148. The minimum atomic E-state index is -1.18. The van der Waals surface area contributed by atoms with E-state index in [9.17, 15) is 19.5 Å². The van der Waals surface area contributed by atoms with Crippen LogP contribution < -0.4 is 29.6 Å². The maximum Gasteiger partial charge on any atom is 0.335 e. The number of carbonyl (C=O) groups is 3. The zero-order valence-corrected chi connectivity index (χ0v) is 20.7. The van der Waals surface area contributed by atoms with Gasteiger partial charge >= 0.3 is 5.97 Å². The normalized spacial score (nSPS) is 10.8. The fourth-order valence-electron chi connectivity index (χ4n) is 3.42. The van der Waals surface area contributed by atoms with Crippen molar-refractivity contribution in [3.8, 4) is 23.0 Å². The highest BCUT2D eigenvalue weighted by Gasteiger charge is 2.19. The Labute approximate surface area is 213 Å². The lowest BCUT2D eigenvalue weighted by Crippen LogP contribution is -2.30. The quantitative estimate of drug-likeness (QED) is 0.354. The first-order chi connectivity index (χ1) is 17.8. The zero-order valence-electron chi connectivity index (χ0n) is 20.7. The Bertz CT molecular complexity index is 1310. The van der Waals surface area contributed by atoms with Crippen molar-refractivity contribution in [1.29, 1.82) is 0 Å². The number of carbonyl (C=O) groups excluding carboxylic acids is 2. The highest BCUT2D eigenvalue weighted by Crippen LogP contribution is 2.38. The van der Waals surface area contributed by atoms with Gasteiger partial charge in [0.2, 0.25) is 5.75 Å². The van der Waals surface area contributed by atoms with Gasteiger partial charge in [0.1, 0.15) is 11.4 Å². The topological polar surface area (TPSA) is 132 Å². The number of aromatic carboxylic acids is 1. The molecule has 0 unspecified atom stereocenters. The summed E-state index contributed by atoms with van der Waals surface area (Å²) in [4.78, 5) is 37.7. The molecule has 3 aromatic rings. The Balaban J connectivity index is 2.07. The molecule has 192 valence electrons. The summed E-state index contributed by atoms with van der Waals surface area (Å²) in [7, 11) is 5.76. The van der Waals surface area contributed by atoms with E-state index in [1.54, 1.807) is 42.5 Å². The van der Waals surface area contributed by atoms with Crippen molar-refractivity contribution in [1.82, 2.24) is 5.32 Å². The number of carboxylic acids is 1. The van der Waals surface area contributed by atoms with E-state index in [-0.39, 0.29) is 22.7 Å². The van der Waals surface area contributed by atoms with Crippen LogP contribution in [0.25, 0.3) is 6.08 Å². The van der Waals surface area contributed by atoms with Crippen molar-refractivity contribution in [2.24, 2.45) is 0 Å². The summed E-state index contributed by atoms with van der Waals surface area (Å²) in [6.07, 6.45) is 1.42. The number of rotatable bonds is 10. The van der Waals surface area contributed by atoms with Gasteiger partial charge in [-0.15, -0.1) is 0 Å². The summed E-state index contributed by atoms with van der Waals surface area (Å²) >= 11 is 0. The lowest BCUT2D eigenvalue weighted by atomic mass is 10.1. The second-order valence-corrected chi connectivity index (χ2v) is 7.51. The highest BCUT2D eigenvalue weighted by atomic mass is 16.5. The first-order valence-corrected chi connectivity index (χ1v) is 10.9. The van der Waals surface area contributed by atoms with E-state index < -0.39 is 17.8 Å². The van der Waals surface area contributed by atoms with Crippen LogP contribution in [-0.4, -0.2) is 51.3 Å². The molecule has 0 aliphatic carbocycles. The average Bonchev–Trinajstić information content (AvgIpc) is 2.92. The van der Waals surface area contributed by atoms with Crippen LogP contribution in [0.5, 0.6) is 23.0 Å². The number of carboxylic acid groups (broad SMARTS) is 1. The van der Waals surface area contributed by atoms with Crippen LogP contribution in [0.1, 0.15) is 26.3 Å². The molecule has 0 saturated carbocycles. The van der Waals surface area contributed by atoms with Crippen molar-refractivity contribution in [2.45, 2.75) is 0 Å². The Morgan fingerprint density at radius 2 is 1.38 bits per heavy atom. The van der Waals surface area contributed by atoms with Crippen LogP contribution in [0.3, 0.4) is 0 Å². The number of ether oxygens (including phenoxy) is 4. The number of hydrogen-bond donors (Lipinski definition) is 3. The Morgan fingerprint density at radius 1 is 0.757 bits per heavy atom. The molecule has 0 aliphatic rings. The molecular formula is C27H26N2O8. The van der Waals surface area contributed by atoms with Gasteiger partial charge in [0, 0.05) is 5.56 Å². The summed E-state index contributed by atoms with van der Waals surface area (Å²) in [5, 5.41) is 14.6. The fourth-order valence-corrected chi connectivity index (χ4v) is 3.42. The van der Waals surface area contributed by atoms with Gasteiger partial charge in [0.15, 0.2) is 11.5 Å². The van der Waals surface area contributed by atoms with Gasteiger partial charge in [-0.05, 0) is 54.1 Å². The van der Waals surface area contributed by atoms with Gasteiger partial charge in [0.25, 0.3) is 11.8 Å². The van der Waals surface area contributed by atoms with Gasteiger partial charge in [-0.25, -0.2) is 4.79 Å². The van der Waals surface area contributed by atoms with Gasteiger partial charge in [-0.2, -0.15) is 0 Å². The van der Waals surface area contributed by atoms with Crippen molar-refractivity contribution in [2.75, 3.05) is 33.8 Å². The molecule has 3 aromatic carbocycles. The molecule has 10 heteroatoms. The molecule has 0 spiro atoms. The average molecular weight is 507 g/mol. The summed E-state index contributed by atoms with van der Waals surface area (Å²) in [6.45, 7) is 0. The minimum absolute atomic E-state index is 0.0559. The first kappa shape index (κ1) is 26.6. The third kappa shape index (κ3) is 6.37. The van der Waals surface area contributed by atoms with Crippen LogP contribution in [0, 0.1) is 0 Å². The number of benzene rings is 3. The number of amides is 2. The predicted octanol–water partition coefficient (Wildman–Crippen LogP) is 3.83. The molecule has 10 nitrogen and oxygen atoms in total. The van der Waals surface area contributed by atoms with Crippen LogP contribution in [0.2, 0.25) is 0 Å². The maximum absolute atomic E-state index is 13.4. The number of hydrogen-bond acceptors (Lipinski definition) is 7. The molecule has 2 amide bonds. The summed E-state index contributed by atoms with van der Waals surface area (Å²) in [5.41, 5.74) is 0.707. The molecule has 0 bridgehead atoms. The van der Waals surface area contributed by atoms with Crippen molar-refractivity contribution in [3.63, 3.8) is 0 Å². The van der Waals surface area contributed by atoms with E-state index in [0.29, 0.717) is 28.4 Å². The second kappa shape index (κ2) is 12.1. The summed E-state index contributed by atoms with van der Waals surface area (Å²) in [6, 6.07) is 15.6. The standard InChI is InChI=1S/C27H26N2O8/c1-34-21-11-10-18(27(32)33)15-19(21)28-26(31)20(29-25(30)17-8-6-5-7-9-17)12-16-13-22(35-2)24(37-4)23(14-16)36-3/h5-15H,1-4H3,(H,28,31)(H,29,30)(H,32,33). The number of nitrogens with one attached hydrogen (secondary N) is 2. The largest absolute Gasteiger partial charge is 0.495 e. The Kier molecular flexibility index (Phi) is 8.71. The molecule has 0 aliphatic heterocycles. The minimum Gasteiger partial charge on any atom is -0.495 e. The molecule has 3 rings (SSSR count). The Morgan fingerprint density at radius 3 is 1.92 bits per heavy atom. The molecule has 37 heavy (non-hydrogen) atoms. The van der Waals surface area contributed by atoms with Gasteiger partial charge in [-0.1, -0.05) is 18.2 Å². The van der Waals surface area contributed by atoms with E-state index in [1.165, 1.54) is 52.7 Å². The van der Waals surface area contributed by atoms with E-state index in [1.807, 2.05) is 0 Å². The lowest BCUT2D eigenvalue weighted by Gasteiger charge is -2.15. The third-order valence-corrected chi connectivity index (χ3v) is 5.22. The van der Waals surface area contributed by atoms with E-state index in [4.69, 9.17) is 18.9 Å². The van der Waals surface area contributed by atoms with Crippen LogP contribution in [0.15, 0.2) is 66.4 Å². The van der Waals surface area contributed by atoms with Gasteiger partial charge in [0.05, 0.1) is 39.7 Å². The monoisotopic (exact) mass is 506 g/mol. The van der Waals surface area contributed by atoms with Crippen LogP contribution in [-0.2, 0) is 4.79 Å². The van der Waals surface area contributed by atoms with E-state index >= 15 is 0 Å². The SMILES string of the molecule is COc1ccc(C(=O)O)cc1NC(=O)C(=Cc1cc(OC)c(OC)c(OC)c1)NC(=O)c1ccccc1. The molecule has 0 fully saturated rings. The smallest absolute Gasteiger partial charge is 0.335 e. The van der Waals surface area contributed by atoms with Crippen molar-refractivity contribution < 1.29 is 38.4 Å². The third-order valence-electron chi connectivity index (χ3n) is 5.22. The highest BCUT2D eigenvalue weighted by molar-refractivity contribution is 6.11. The molecule has 0 heterocycles.